The second kappa shape index (κ2) is 5.21. The van der Waals surface area contributed by atoms with Crippen molar-refractivity contribution in [2.75, 3.05) is 18.4 Å². The van der Waals surface area contributed by atoms with Gasteiger partial charge in [0, 0.05) is 18.7 Å². The van der Waals surface area contributed by atoms with Crippen molar-refractivity contribution in [1.29, 1.82) is 0 Å². The van der Waals surface area contributed by atoms with Crippen LogP contribution in [0.3, 0.4) is 0 Å². The van der Waals surface area contributed by atoms with Crippen molar-refractivity contribution in [3.63, 3.8) is 0 Å². The number of carbonyl (C=O) groups excluding carboxylic acids is 1. The Balaban J connectivity index is 2.00. The van der Waals surface area contributed by atoms with Gasteiger partial charge in [-0.25, -0.2) is 0 Å². The summed E-state index contributed by atoms with van der Waals surface area (Å²) in [7, 11) is 0. The van der Waals surface area contributed by atoms with Crippen LogP contribution in [0.1, 0.15) is 56.0 Å². The number of fused-ring (bicyclic) bond motifs is 1. The topological polar surface area (TPSA) is 32.3 Å². The molecule has 3 rings (SSSR count). The molecule has 21 heavy (non-hydrogen) atoms. The third-order valence-electron chi connectivity index (χ3n) is 4.39. The van der Waals surface area contributed by atoms with Gasteiger partial charge in [-0.3, -0.25) is 4.79 Å². The lowest BCUT2D eigenvalue weighted by Crippen LogP contribution is -2.38. The van der Waals surface area contributed by atoms with Gasteiger partial charge in [0.15, 0.2) is 0 Å². The fraction of sp³-hybridized carbons (Fsp3) is 0.500. The predicted octanol–water partition coefficient (Wildman–Crippen LogP) is 3.92. The summed E-state index contributed by atoms with van der Waals surface area (Å²) >= 11 is 0. The van der Waals surface area contributed by atoms with Crippen LogP contribution in [0.25, 0.3) is 5.57 Å². The van der Waals surface area contributed by atoms with Crippen LogP contribution in [0.5, 0.6) is 0 Å². The minimum Gasteiger partial charge on any atom is -0.376 e. The molecule has 0 atom stereocenters. The van der Waals surface area contributed by atoms with E-state index in [4.69, 9.17) is 0 Å². The smallest absolute Gasteiger partial charge is 0.255 e. The zero-order chi connectivity index (χ0) is 15.0. The SMILES string of the molecule is CC1=CC(C)(C)Nc2c(C(=O)N3CCCCC3)cccc21. The van der Waals surface area contributed by atoms with Gasteiger partial charge in [-0.2, -0.15) is 0 Å². The molecule has 1 N–H and O–H groups in total. The Morgan fingerprint density at radius 2 is 1.90 bits per heavy atom. The van der Waals surface area contributed by atoms with Crippen LogP contribution >= 0.6 is 0 Å². The summed E-state index contributed by atoms with van der Waals surface area (Å²) in [4.78, 5) is 14.9. The lowest BCUT2D eigenvalue weighted by atomic mass is 9.89. The average Bonchev–Trinajstić information content (AvgIpc) is 2.46. The highest BCUT2D eigenvalue weighted by atomic mass is 16.2. The van der Waals surface area contributed by atoms with Crippen LogP contribution in [0.4, 0.5) is 5.69 Å². The van der Waals surface area contributed by atoms with Gasteiger partial charge in [-0.05, 0) is 51.7 Å². The molecule has 2 aliphatic rings. The third kappa shape index (κ3) is 2.69. The van der Waals surface area contributed by atoms with Gasteiger partial charge >= 0.3 is 0 Å². The number of piperidine rings is 1. The Morgan fingerprint density at radius 1 is 1.19 bits per heavy atom. The Kier molecular flexibility index (Phi) is 3.52. The number of likely N-dealkylation sites (tertiary alicyclic amines) is 1. The maximum absolute atomic E-state index is 12.9. The van der Waals surface area contributed by atoms with E-state index in [2.05, 4.69) is 38.2 Å². The van der Waals surface area contributed by atoms with Crippen LogP contribution < -0.4 is 5.32 Å². The van der Waals surface area contributed by atoms with Gasteiger partial charge in [-0.15, -0.1) is 0 Å². The van der Waals surface area contributed by atoms with Gasteiger partial charge in [-0.1, -0.05) is 18.2 Å². The van der Waals surface area contributed by atoms with Crippen LogP contribution in [0.2, 0.25) is 0 Å². The third-order valence-corrected chi connectivity index (χ3v) is 4.39. The summed E-state index contributed by atoms with van der Waals surface area (Å²) in [5.74, 6) is 0.171. The van der Waals surface area contributed by atoms with Crippen molar-refractivity contribution in [2.24, 2.45) is 0 Å². The summed E-state index contributed by atoms with van der Waals surface area (Å²) in [6.07, 6.45) is 5.71. The molecular formula is C18H24N2O. The highest BCUT2D eigenvalue weighted by molar-refractivity contribution is 6.03. The van der Waals surface area contributed by atoms with E-state index in [0.29, 0.717) is 0 Å². The van der Waals surface area contributed by atoms with Gasteiger partial charge in [0.05, 0.1) is 16.8 Å². The average molecular weight is 284 g/mol. The number of hydrogen-bond donors (Lipinski definition) is 1. The van der Waals surface area contributed by atoms with Crippen molar-refractivity contribution in [2.45, 2.75) is 45.6 Å². The van der Waals surface area contributed by atoms with Crippen LogP contribution in [-0.4, -0.2) is 29.4 Å². The zero-order valence-corrected chi connectivity index (χ0v) is 13.2. The molecular weight excluding hydrogens is 260 g/mol. The number of carbonyl (C=O) groups is 1. The van der Waals surface area contributed by atoms with Gasteiger partial charge in [0.2, 0.25) is 0 Å². The van der Waals surface area contributed by atoms with E-state index in [0.717, 1.165) is 42.7 Å². The van der Waals surface area contributed by atoms with Crippen molar-refractivity contribution in [3.05, 3.63) is 35.4 Å². The molecule has 0 bridgehead atoms. The van der Waals surface area contributed by atoms with Crippen LogP contribution in [-0.2, 0) is 0 Å². The van der Waals surface area contributed by atoms with E-state index < -0.39 is 0 Å². The number of benzene rings is 1. The standard InChI is InChI=1S/C18H24N2O/c1-13-12-18(2,3)19-16-14(13)8-7-9-15(16)17(21)20-10-5-4-6-11-20/h7-9,12,19H,4-6,10-11H2,1-3H3. The molecule has 1 amide bonds. The first-order valence-corrected chi connectivity index (χ1v) is 7.88. The summed E-state index contributed by atoms with van der Waals surface area (Å²) in [6, 6.07) is 6.04. The van der Waals surface area contributed by atoms with Crippen LogP contribution in [0, 0.1) is 0 Å². The van der Waals surface area contributed by atoms with Crippen molar-refractivity contribution in [1.82, 2.24) is 4.90 Å². The first kappa shape index (κ1) is 14.2. The number of hydrogen-bond acceptors (Lipinski definition) is 2. The number of nitrogens with zero attached hydrogens (tertiary/aromatic N) is 1. The van der Waals surface area contributed by atoms with Gasteiger partial charge in [0.25, 0.3) is 5.91 Å². The molecule has 1 saturated heterocycles. The largest absolute Gasteiger partial charge is 0.376 e. The van der Waals surface area contributed by atoms with Crippen molar-refractivity contribution < 1.29 is 4.79 Å². The van der Waals surface area contributed by atoms with Crippen LogP contribution in [0.15, 0.2) is 24.3 Å². The molecule has 3 nitrogen and oxygen atoms in total. The van der Waals surface area contributed by atoms with Crippen molar-refractivity contribution in [3.8, 4) is 0 Å². The number of anilines is 1. The molecule has 112 valence electrons. The minimum absolute atomic E-state index is 0.116. The Hall–Kier alpha value is -1.77. The summed E-state index contributed by atoms with van der Waals surface area (Å²) in [5.41, 5.74) is 4.09. The molecule has 1 fully saturated rings. The number of para-hydroxylation sites is 1. The Morgan fingerprint density at radius 3 is 2.62 bits per heavy atom. The molecule has 0 aliphatic carbocycles. The fourth-order valence-corrected chi connectivity index (χ4v) is 3.44. The normalized spacial score (nSPS) is 20.3. The molecule has 0 saturated carbocycles. The van der Waals surface area contributed by atoms with E-state index in [-0.39, 0.29) is 11.4 Å². The maximum atomic E-state index is 12.9. The molecule has 0 aromatic heterocycles. The highest BCUT2D eigenvalue weighted by Gasteiger charge is 2.28. The summed E-state index contributed by atoms with van der Waals surface area (Å²) in [5, 5.41) is 3.53. The van der Waals surface area contributed by atoms with E-state index in [1.54, 1.807) is 0 Å². The highest BCUT2D eigenvalue weighted by Crippen LogP contribution is 2.36. The molecule has 3 heteroatoms. The second-order valence-electron chi connectivity index (χ2n) is 6.76. The first-order chi connectivity index (χ1) is 9.98. The predicted molar refractivity (Wildman–Crippen MR) is 87.5 cm³/mol. The minimum atomic E-state index is -0.116. The van der Waals surface area contributed by atoms with E-state index in [1.165, 1.54) is 12.0 Å². The monoisotopic (exact) mass is 284 g/mol. The molecule has 1 aromatic carbocycles. The second-order valence-corrected chi connectivity index (χ2v) is 6.76. The lowest BCUT2D eigenvalue weighted by molar-refractivity contribution is 0.0725. The summed E-state index contributed by atoms with van der Waals surface area (Å²) < 4.78 is 0. The molecule has 1 aromatic rings. The van der Waals surface area contributed by atoms with E-state index in [1.807, 2.05) is 17.0 Å². The molecule has 2 aliphatic heterocycles. The van der Waals surface area contributed by atoms with Gasteiger partial charge < -0.3 is 10.2 Å². The Bertz CT molecular complexity index is 595. The van der Waals surface area contributed by atoms with Gasteiger partial charge in [0.1, 0.15) is 0 Å². The number of rotatable bonds is 1. The molecule has 2 heterocycles. The summed E-state index contributed by atoms with van der Waals surface area (Å²) in [6.45, 7) is 8.18. The molecule has 0 radical (unpaired) electrons. The van der Waals surface area contributed by atoms with Crippen molar-refractivity contribution >= 4 is 17.2 Å². The number of allylic oxidation sites excluding steroid dienone is 1. The Labute approximate surface area is 127 Å². The van der Waals surface area contributed by atoms with E-state index in [9.17, 15) is 4.79 Å². The maximum Gasteiger partial charge on any atom is 0.255 e. The molecule has 0 unspecified atom stereocenters. The zero-order valence-electron chi connectivity index (χ0n) is 13.2. The number of nitrogens with one attached hydrogen (secondary N) is 1. The lowest BCUT2D eigenvalue weighted by Gasteiger charge is -2.34. The first-order valence-electron chi connectivity index (χ1n) is 7.88. The number of amides is 1. The van der Waals surface area contributed by atoms with E-state index >= 15 is 0 Å². The quantitative estimate of drug-likeness (QED) is 0.847. The molecule has 0 spiro atoms. The fourth-order valence-electron chi connectivity index (χ4n) is 3.44.